The molecule has 4 rings (SSSR count). The van der Waals surface area contributed by atoms with Crippen molar-refractivity contribution >= 4 is 29.1 Å². The molecule has 1 aromatic rings. The van der Waals surface area contributed by atoms with Gasteiger partial charge in [0.15, 0.2) is 0 Å². The summed E-state index contributed by atoms with van der Waals surface area (Å²) in [5.74, 6) is 0.113. The molecule has 8 heteroatoms. The number of likely N-dealkylation sites (tertiary alicyclic amines) is 1. The molecule has 0 saturated carbocycles. The number of carbonyl (C=O) groups excluding carboxylic acids is 1. The van der Waals surface area contributed by atoms with Crippen molar-refractivity contribution in [2.24, 2.45) is 0 Å². The van der Waals surface area contributed by atoms with Crippen LogP contribution in [0.2, 0.25) is 10.0 Å². The minimum Gasteiger partial charge on any atom is -0.389 e. The third kappa shape index (κ3) is 5.37. The van der Waals surface area contributed by atoms with Crippen molar-refractivity contribution in [3.63, 3.8) is 0 Å². The summed E-state index contributed by atoms with van der Waals surface area (Å²) in [6, 6.07) is 5.72. The van der Waals surface area contributed by atoms with Gasteiger partial charge in [0, 0.05) is 19.6 Å². The number of halogens is 2. The Bertz CT molecular complexity index is 795. The van der Waals surface area contributed by atoms with Gasteiger partial charge >= 0.3 is 0 Å². The van der Waals surface area contributed by atoms with E-state index in [-0.39, 0.29) is 24.0 Å². The number of amides is 1. The van der Waals surface area contributed by atoms with Gasteiger partial charge in [-0.25, -0.2) is 0 Å². The van der Waals surface area contributed by atoms with E-state index in [4.69, 9.17) is 27.9 Å². The fourth-order valence-electron chi connectivity index (χ4n) is 5.36. The average molecular weight is 470 g/mol. The number of aliphatic hydroxyl groups is 1. The fraction of sp³-hybridized carbons (Fsp3) is 0.696. The molecule has 6 nitrogen and oxygen atoms in total. The summed E-state index contributed by atoms with van der Waals surface area (Å²) < 4.78 is 6.05. The molecule has 0 aliphatic carbocycles. The number of β-amino-alcohol motifs (C(OH)–C–C–N with tert-alkyl or cyclic N) is 1. The molecule has 1 amide bonds. The smallest absolute Gasteiger partial charge is 0.227 e. The van der Waals surface area contributed by atoms with Crippen molar-refractivity contribution in [3.05, 3.63) is 33.8 Å². The molecule has 3 aliphatic rings. The average Bonchev–Trinajstić information content (AvgIpc) is 3.24. The molecule has 3 fully saturated rings. The summed E-state index contributed by atoms with van der Waals surface area (Å²) in [6.45, 7) is 8.97. The van der Waals surface area contributed by atoms with Gasteiger partial charge in [-0.15, -0.1) is 0 Å². The Hall–Kier alpha value is -0.890. The number of fused-ring (bicyclic) bond motifs is 1. The van der Waals surface area contributed by atoms with Gasteiger partial charge in [-0.05, 0) is 57.5 Å². The Morgan fingerprint density at radius 2 is 1.81 bits per heavy atom. The summed E-state index contributed by atoms with van der Waals surface area (Å²) in [7, 11) is 0. The Morgan fingerprint density at radius 1 is 1.10 bits per heavy atom. The fourth-order valence-corrected chi connectivity index (χ4v) is 5.68. The van der Waals surface area contributed by atoms with Crippen molar-refractivity contribution in [1.82, 2.24) is 14.7 Å². The summed E-state index contributed by atoms with van der Waals surface area (Å²) in [5, 5.41) is 11.4. The molecule has 3 aliphatic heterocycles. The number of piperazine rings is 1. The molecular formula is C23H33Cl2N3O3. The minimum atomic E-state index is -0.794. The van der Waals surface area contributed by atoms with E-state index in [2.05, 4.69) is 14.7 Å². The monoisotopic (exact) mass is 469 g/mol. The molecule has 0 aromatic heterocycles. The number of benzene rings is 1. The van der Waals surface area contributed by atoms with E-state index < -0.39 is 5.60 Å². The van der Waals surface area contributed by atoms with Crippen LogP contribution in [0.3, 0.4) is 0 Å². The predicted octanol–water partition coefficient (Wildman–Crippen LogP) is 2.68. The van der Waals surface area contributed by atoms with Crippen LogP contribution in [0, 0.1) is 0 Å². The summed E-state index contributed by atoms with van der Waals surface area (Å²) >= 11 is 12.2. The van der Waals surface area contributed by atoms with Crippen molar-refractivity contribution in [2.75, 3.05) is 45.9 Å². The van der Waals surface area contributed by atoms with Gasteiger partial charge in [-0.1, -0.05) is 29.3 Å². The summed E-state index contributed by atoms with van der Waals surface area (Å²) in [6.07, 6.45) is 2.69. The van der Waals surface area contributed by atoms with E-state index in [0.717, 1.165) is 25.2 Å². The third-order valence-electron chi connectivity index (χ3n) is 6.68. The minimum absolute atomic E-state index is 0.0539. The van der Waals surface area contributed by atoms with Gasteiger partial charge in [0.05, 0.1) is 53.4 Å². The highest BCUT2D eigenvalue weighted by atomic mass is 35.5. The summed E-state index contributed by atoms with van der Waals surface area (Å²) in [4.78, 5) is 20.4. The number of carbonyl (C=O) groups is 1. The SMILES string of the molecule is CC(C)(O)CN1CCN(C(=O)Cc2ccc(Cl)c(Cl)c2)C2C(N3CCCC3)COCC21. The Balaban J connectivity index is 1.58. The molecule has 0 bridgehead atoms. The van der Waals surface area contributed by atoms with E-state index in [1.807, 2.05) is 19.9 Å². The van der Waals surface area contributed by atoms with Gasteiger partial charge in [0.1, 0.15) is 0 Å². The van der Waals surface area contributed by atoms with Gasteiger partial charge in [0.2, 0.25) is 5.91 Å². The lowest BCUT2D eigenvalue weighted by Gasteiger charge is -2.55. The molecule has 3 atom stereocenters. The lowest BCUT2D eigenvalue weighted by molar-refractivity contribution is -0.155. The molecule has 1 N–H and O–H groups in total. The van der Waals surface area contributed by atoms with Crippen LogP contribution >= 0.6 is 23.2 Å². The molecule has 1 aromatic carbocycles. The molecule has 31 heavy (non-hydrogen) atoms. The second kappa shape index (κ2) is 9.54. The molecule has 3 heterocycles. The predicted molar refractivity (Wildman–Crippen MR) is 123 cm³/mol. The highest BCUT2D eigenvalue weighted by Crippen LogP contribution is 2.31. The van der Waals surface area contributed by atoms with Gasteiger partial charge < -0.3 is 14.7 Å². The van der Waals surface area contributed by atoms with E-state index in [1.54, 1.807) is 12.1 Å². The molecular weight excluding hydrogens is 437 g/mol. The maximum atomic E-state index is 13.5. The lowest BCUT2D eigenvalue weighted by Crippen LogP contribution is -2.72. The van der Waals surface area contributed by atoms with Crippen LogP contribution in [-0.4, -0.2) is 95.4 Å². The second-order valence-electron chi connectivity index (χ2n) is 9.70. The lowest BCUT2D eigenvalue weighted by atomic mass is 9.90. The zero-order valence-electron chi connectivity index (χ0n) is 18.4. The van der Waals surface area contributed by atoms with Crippen molar-refractivity contribution in [3.8, 4) is 0 Å². The van der Waals surface area contributed by atoms with E-state index >= 15 is 0 Å². The largest absolute Gasteiger partial charge is 0.389 e. The number of hydrogen-bond acceptors (Lipinski definition) is 5. The first-order chi connectivity index (χ1) is 14.7. The first-order valence-corrected chi connectivity index (χ1v) is 12.0. The highest BCUT2D eigenvalue weighted by Gasteiger charge is 2.48. The Morgan fingerprint density at radius 3 is 2.48 bits per heavy atom. The Kier molecular flexibility index (Phi) is 7.16. The maximum Gasteiger partial charge on any atom is 0.227 e. The number of hydrogen-bond donors (Lipinski definition) is 1. The van der Waals surface area contributed by atoms with Crippen LogP contribution < -0.4 is 0 Å². The molecule has 3 saturated heterocycles. The summed E-state index contributed by atoms with van der Waals surface area (Å²) in [5.41, 5.74) is 0.0804. The van der Waals surface area contributed by atoms with Gasteiger partial charge in [-0.2, -0.15) is 0 Å². The first kappa shape index (κ1) is 23.3. The van der Waals surface area contributed by atoms with Crippen molar-refractivity contribution < 1.29 is 14.6 Å². The van der Waals surface area contributed by atoms with Crippen LogP contribution in [-0.2, 0) is 16.0 Å². The van der Waals surface area contributed by atoms with Gasteiger partial charge in [0.25, 0.3) is 0 Å². The van der Waals surface area contributed by atoms with Gasteiger partial charge in [-0.3, -0.25) is 14.6 Å². The van der Waals surface area contributed by atoms with Crippen LogP contribution in [0.5, 0.6) is 0 Å². The van der Waals surface area contributed by atoms with Crippen LogP contribution in [0.25, 0.3) is 0 Å². The Labute approximate surface area is 195 Å². The molecule has 0 spiro atoms. The standard InChI is InChI=1S/C23H33Cl2N3O3/c1-23(2,30)15-27-9-10-28(21(29)12-16-5-6-17(24)18(25)11-16)22-19(13-31-14-20(22)27)26-7-3-4-8-26/h5-6,11,19-20,22,30H,3-4,7-10,12-15H2,1-2H3. The molecule has 0 radical (unpaired) electrons. The first-order valence-electron chi connectivity index (χ1n) is 11.2. The van der Waals surface area contributed by atoms with Crippen LogP contribution in [0.15, 0.2) is 18.2 Å². The van der Waals surface area contributed by atoms with Crippen molar-refractivity contribution in [2.45, 2.75) is 56.8 Å². The second-order valence-corrected chi connectivity index (χ2v) is 10.5. The normalized spacial score (nSPS) is 28.0. The van der Waals surface area contributed by atoms with E-state index in [1.165, 1.54) is 12.8 Å². The third-order valence-corrected chi connectivity index (χ3v) is 7.42. The highest BCUT2D eigenvalue weighted by molar-refractivity contribution is 6.42. The number of nitrogens with zero attached hydrogens (tertiary/aromatic N) is 3. The van der Waals surface area contributed by atoms with E-state index in [0.29, 0.717) is 42.8 Å². The zero-order valence-corrected chi connectivity index (χ0v) is 19.9. The van der Waals surface area contributed by atoms with Crippen molar-refractivity contribution in [1.29, 1.82) is 0 Å². The number of rotatable bonds is 5. The molecule has 3 unspecified atom stereocenters. The number of ether oxygens (including phenoxy) is 1. The van der Waals surface area contributed by atoms with E-state index in [9.17, 15) is 9.90 Å². The molecule has 172 valence electrons. The zero-order chi connectivity index (χ0) is 22.2. The van der Waals surface area contributed by atoms with Crippen LogP contribution in [0.4, 0.5) is 0 Å². The quantitative estimate of drug-likeness (QED) is 0.718. The maximum absolute atomic E-state index is 13.5. The topological polar surface area (TPSA) is 56.2 Å². The van der Waals surface area contributed by atoms with Crippen LogP contribution in [0.1, 0.15) is 32.3 Å².